The van der Waals surface area contributed by atoms with Crippen molar-refractivity contribution < 1.29 is 8.63 Å². The third kappa shape index (κ3) is 2.72. The molecule has 0 fully saturated rings. The van der Waals surface area contributed by atoms with Crippen molar-refractivity contribution in [2.24, 2.45) is 7.05 Å². The maximum Gasteiger partial charge on any atom is 0.419 e. The predicted molar refractivity (Wildman–Crippen MR) is 82.9 cm³/mol. The van der Waals surface area contributed by atoms with Gasteiger partial charge in [0.1, 0.15) is 11.0 Å². The normalized spacial score (nSPS) is 12.5. The summed E-state index contributed by atoms with van der Waals surface area (Å²) in [5.74, 6) is -0.446. The molecular weight excluding hydrogens is 312 g/mol. The van der Waals surface area contributed by atoms with Crippen molar-refractivity contribution in [2.75, 3.05) is 4.72 Å². The average molecular weight is 323 g/mol. The van der Waals surface area contributed by atoms with Gasteiger partial charge in [-0.25, -0.2) is 9.00 Å². The molecule has 1 aromatic heterocycles. The van der Waals surface area contributed by atoms with Gasteiger partial charge in [0.25, 0.3) is 0 Å². The average Bonchev–Trinajstić information content (AvgIpc) is 2.76. The Morgan fingerprint density at radius 1 is 1.19 bits per heavy atom. The van der Waals surface area contributed by atoms with E-state index in [1.807, 2.05) is 0 Å². The molecule has 0 saturated heterocycles. The van der Waals surface area contributed by atoms with Gasteiger partial charge in [0.2, 0.25) is 0 Å². The van der Waals surface area contributed by atoms with E-state index < -0.39 is 16.7 Å². The lowest BCUT2D eigenvalue weighted by atomic mass is 10.3. The highest BCUT2D eigenvalue weighted by Gasteiger charge is 2.10. The first-order valence-corrected chi connectivity index (χ1v) is 7.61. The fourth-order valence-corrected chi connectivity index (χ4v) is 2.91. The van der Waals surface area contributed by atoms with Crippen LogP contribution in [0.2, 0.25) is 5.02 Å². The number of benzene rings is 2. The number of oxazole rings is 1. The molecule has 1 heterocycles. The summed E-state index contributed by atoms with van der Waals surface area (Å²) in [6, 6.07) is 11.9. The topological polar surface area (TPSA) is 64.2 Å². The first-order valence-electron chi connectivity index (χ1n) is 6.08. The number of hydrogen-bond donors (Lipinski definition) is 1. The molecule has 0 amide bonds. The summed E-state index contributed by atoms with van der Waals surface area (Å²) in [5.41, 5.74) is 1.76. The van der Waals surface area contributed by atoms with E-state index in [4.69, 9.17) is 16.0 Å². The molecule has 0 aliphatic heterocycles. The summed E-state index contributed by atoms with van der Waals surface area (Å²) in [6.45, 7) is 0. The van der Waals surface area contributed by atoms with Crippen molar-refractivity contribution in [3.8, 4) is 0 Å². The number of aromatic nitrogens is 1. The molecule has 21 heavy (non-hydrogen) atoms. The Labute approximate surface area is 127 Å². The molecule has 0 spiro atoms. The molecule has 1 unspecified atom stereocenters. The van der Waals surface area contributed by atoms with Crippen molar-refractivity contribution in [3.63, 3.8) is 0 Å². The van der Waals surface area contributed by atoms with Crippen LogP contribution < -0.4 is 10.5 Å². The summed E-state index contributed by atoms with van der Waals surface area (Å²) >= 11 is 5.80. The smallest absolute Gasteiger partial charge is 0.408 e. The van der Waals surface area contributed by atoms with Crippen LogP contribution in [-0.4, -0.2) is 8.78 Å². The maximum atomic E-state index is 12.3. The highest BCUT2D eigenvalue weighted by Crippen LogP contribution is 2.19. The number of nitrogens with zero attached hydrogens (tertiary/aromatic N) is 1. The van der Waals surface area contributed by atoms with E-state index in [1.165, 1.54) is 4.57 Å². The Morgan fingerprint density at radius 2 is 1.90 bits per heavy atom. The zero-order chi connectivity index (χ0) is 15.0. The van der Waals surface area contributed by atoms with Crippen LogP contribution in [0, 0.1) is 0 Å². The molecule has 1 atom stereocenters. The first-order chi connectivity index (χ1) is 10.0. The molecule has 0 radical (unpaired) electrons. The Kier molecular flexibility index (Phi) is 3.57. The van der Waals surface area contributed by atoms with Gasteiger partial charge in [-0.3, -0.25) is 4.57 Å². The fraction of sp³-hybridized carbons (Fsp3) is 0.0714. The standard InChI is InChI=1S/C14H11ClN2O3S/c1-17-12-7-6-11(8-13(12)20-14(17)18)21(19)16-10-4-2-9(15)3-5-10/h2-8,16H,1H3. The second kappa shape index (κ2) is 5.38. The Morgan fingerprint density at radius 3 is 2.62 bits per heavy atom. The van der Waals surface area contributed by atoms with Gasteiger partial charge in [-0.2, -0.15) is 0 Å². The van der Waals surface area contributed by atoms with Gasteiger partial charge < -0.3 is 9.14 Å². The van der Waals surface area contributed by atoms with Gasteiger partial charge in [0.15, 0.2) is 5.58 Å². The van der Waals surface area contributed by atoms with Crippen molar-refractivity contribution in [1.82, 2.24) is 4.57 Å². The van der Waals surface area contributed by atoms with Crippen LogP contribution in [0.4, 0.5) is 5.69 Å². The zero-order valence-electron chi connectivity index (χ0n) is 11.0. The van der Waals surface area contributed by atoms with Gasteiger partial charge in [-0.05, 0) is 36.4 Å². The van der Waals surface area contributed by atoms with Crippen LogP contribution in [0.3, 0.4) is 0 Å². The van der Waals surface area contributed by atoms with E-state index in [0.29, 0.717) is 26.7 Å². The lowest BCUT2D eigenvalue weighted by molar-refractivity contribution is 0.527. The van der Waals surface area contributed by atoms with Crippen molar-refractivity contribution in [3.05, 3.63) is 58.0 Å². The predicted octanol–water partition coefficient (Wildman–Crippen LogP) is 2.92. The number of fused-ring (bicyclic) bond motifs is 1. The van der Waals surface area contributed by atoms with E-state index in [9.17, 15) is 9.00 Å². The van der Waals surface area contributed by atoms with Crippen LogP contribution in [0.25, 0.3) is 11.1 Å². The molecule has 0 aliphatic rings. The zero-order valence-corrected chi connectivity index (χ0v) is 12.6. The highest BCUT2D eigenvalue weighted by atomic mass is 35.5. The van der Waals surface area contributed by atoms with E-state index in [-0.39, 0.29) is 0 Å². The van der Waals surface area contributed by atoms with Crippen molar-refractivity contribution >= 4 is 39.4 Å². The summed E-state index contributed by atoms with van der Waals surface area (Å²) in [6.07, 6.45) is 0. The van der Waals surface area contributed by atoms with E-state index >= 15 is 0 Å². The van der Waals surface area contributed by atoms with Crippen molar-refractivity contribution in [1.29, 1.82) is 0 Å². The molecule has 2 aromatic carbocycles. The molecule has 0 saturated carbocycles. The van der Waals surface area contributed by atoms with Crippen LogP contribution >= 0.6 is 11.6 Å². The Bertz CT molecular complexity index is 883. The Hall–Kier alpha value is -2.05. The minimum absolute atomic E-state index is 0.409. The van der Waals surface area contributed by atoms with Crippen LogP contribution in [0.15, 0.2) is 56.6 Å². The van der Waals surface area contributed by atoms with Gasteiger partial charge in [0.05, 0.1) is 10.4 Å². The molecule has 3 rings (SSSR count). The number of halogens is 1. The molecule has 1 N–H and O–H groups in total. The minimum Gasteiger partial charge on any atom is -0.408 e. The van der Waals surface area contributed by atoms with Gasteiger partial charge in [-0.1, -0.05) is 11.6 Å². The largest absolute Gasteiger partial charge is 0.419 e. The number of nitrogens with one attached hydrogen (secondary N) is 1. The van der Waals surface area contributed by atoms with Gasteiger partial charge in [-0.15, -0.1) is 0 Å². The number of aryl methyl sites for hydroxylation is 1. The number of rotatable bonds is 3. The summed E-state index contributed by atoms with van der Waals surface area (Å²) in [7, 11) is 0.163. The molecule has 5 nitrogen and oxygen atoms in total. The molecule has 0 bridgehead atoms. The molecule has 0 aliphatic carbocycles. The second-order valence-corrected chi connectivity index (χ2v) is 6.08. The molecule has 3 aromatic rings. The number of anilines is 1. The van der Waals surface area contributed by atoms with Gasteiger partial charge in [0, 0.05) is 23.8 Å². The van der Waals surface area contributed by atoms with Gasteiger partial charge >= 0.3 is 5.76 Å². The minimum atomic E-state index is -1.46. The fourth-order valence-electron chi connectivity index (χ4n) is 1.91. The van der Waals surface area contributed by atoms with Crippen LogP contribution in [0.1, 0.15) is 0 Å². The third-order valence-electron chi connectivity index (χ3n) is 3.03. The van der Waals surface area contributed by atoms with E-state index in [2.05, 4.69) is 4.72 Å². The SMILES string of the molecule is Cn1c(=O)oc2cc(S(=O)Nc3ccc(Cl)cc3)ccc21. The quantitative estimate of drug-likeness (QED) is 0.806. The molecule has 108 valence electrons. The summed E-state index contributed by atoms with van der Waals surface area (Å²) in [4.78, 5) is 12.0. The first kappa shape index (κ1) is 13.9. The summed E-state index contributed by atoms with van der Waals surface area (Å²) in [5, 5.41) is 0.610. The molecule has 7 heteroatoms. The lowest BCUT2D eigenvalue weighted by Gasteiger charge is -2.06. The van der Waals surface area contributed by atoms with Crippen LogP contribution in [-0.2, 0) is 18.0 Å². The Balaban J connectivity index is 1.91. The summed E-state index contributed by atoms with van der Waals surface area (Å²) < 4.78 is 21.6. The molecular formula is C14H11ClN2O3S. The second-order valence-electron chi connectivity index (χ2n) is 4.43. The monoisotopic (exact) mass is 322 g/mol. The van der Waals surface area contributed by atoms with Crippen LogP contribution in [0.5, 0.6) is 0 Å². The van der Waals surface area contributed by atoms with Crippen molar-refractivity contribution in [2.45, 2.75) is 4.90 Å². The lowest BCUT2D eigenvalue weighted by Crippen LogP contribution is -2.08. The highest BCUT2D eigenvalue weighted by molar-refractivity contribution is 7.86. The maximum absolute atomic E-state index is 12.3. The number of hydrogen-bond acceptors (Lipinski definition) is 3. The van der Waals surface area contributed by atoms with E-state index in [0.717, 1.165) is 0 Å². The third-order valence-corrected chi connectivity index (χ3v) is 4.39. The van der Waals surface area contributed by atoms with E-state index in [1.54, 1.807) is 49.5 Å².